The number of amides is 2. The van der Waals surface area contributed by atoms with E-state index in [0.29, 0.717) is 6.54 Å². The normalized spacial score (nSPS) is 21.2. The molecule has 1 aliphatic rings. The van der Waals surface area contributed by atoms with Crippen LogP contribution in [0.25, 0.3) is 0 Å². The quantitative estimate of drug-likeness (QED) is 0.740. The molecule has 0 spiro atoms. The Kier molecular flexibility index (Phi) is 4.92. The van der Waals surface area contributed by atoms with Crippen molar-refractivity contribution in [3.8, 4) is 6.07 Å². The number of aliphatic carboxylic acids is 1. The lowest BCUT2D eigenvalue weighted by atomic mass is 10.1. The highest BCUT2D eigenvalue weighted by Gasteiger charge is 2.29. The summed E-state index contributed by atoms with van der Waals surface area (Å²) in [7, 11) is 0. The number of rotatable bonds is 3. The molecule has 0 aromatic rings. The number of nitriles is 1. The summed E-state index contributed by atoms with van der Waals surface area (Å²) in [6.45, 7) is 4.24. The Bertz CT molecular complexity index is 364. The lowest BCUT2D eigenvalue weighted by Crippen LogP contribution is -2.54. The van der Waals surface area contributed by atoms with Crippen molar-refractivity contribution in [2.75, 3.05) is 19.7 Å². The predicted molar refractivity (Wildman–Crippen MR) is 61.7 cm³/mol. The number of carbonyl (C=O) groups excluding carboxylic acids is 1. The van der Waals surface area contributed by atoms with E-state index in [4.69, 9.17) is 15.1 Å². The van der Waals surface area contributed by atoms with Gasteiger partial charge in [-0.2, -0.15) is 5.26 Å². The molecule has 2 atom stereocenters. The van der Waals surface area contributed by atoms with Crippen LogP contribution < -0.4 is 5.32 Å². The molecule has 7 nitrogen and oxygen atoms in total. The lowest BCUT2D eigenvalue weighted by molar-refractivity contribution is -0.140. The highest BCUT2D eigenvalue weighted by Crippen LogP contribution is 2.07. The number of hydrogen-bond donors (Lipinski definition) is 2. The van der Waals surface area contributed by atoms with Gasteiger partial charge in [0.2, 0.25) is 0 Å². The van der Waals surface area contributed by atoms with Crippen LogP contribution in [0.3, 0.4) is 0 Å². The molecule has 18 heavy (non-hydrogen) atoms. The van der Waals surface area contributed by atoms with Crippen LogP contribution in [-0.4, -0.2) is 53.8 Å². The summed E-state index contributed by atoms with van der Waals surface area (Å²) >= 11 is 0. The largest absolute Gasteiger partial charge is 0.480 e. The van der Waals surface area contributed by atoms with Gasteiger partial charge in [0.1, 0.15) is 6.04 Å². The van der Waals surface area contributed by atoms with E-state index in [1.54, 1.807) is 13.8 Å². The topological polar surface area (TPSA) is 103 Å². The Morgan fingerprint density at radius 3 is 2.72 bits per heavy atom. The van der Waals surface area contributed by atoms with E-state index in [2.05, 4.69) is 5.32 Å². The summed E-state index contributed by atoms with van der Waals surface area (Å²) < 4.78 is 5.11. The summed E-state index contributed by atoms with van der Waals surface area (Å²) in [6, 6.07) is 0.525. The third-order valence-corrected chi connectivity index (χ3v) is 2.71. The minimum absolute atomic E-state index is 0.159. The lowest BCUT2D eigenvalue weighted by Gasteiger charge is -2.31. The van der Waals surface area contributed by atoms with Gasteiger partial charge in [-0.05, 0) is 5.92 Å². The smallest absolute Gasteiger partial charge is 0.326 e. The van der Waals surface area contributed by atoms with Crippen LogP contribution in [-0.2, 0) is 9.53 Å². The Morgan fingerprint density at radius 2 is 2.22 bits per heavy atom. The van der Waals surface area contributed by atoms with Gasteiger partial charge in [0.15, 0.2) is 6.10 Å². The molecular weight excluding hydrogens is 238 g/mol. The minimum atomic E-state index is -1.07. The summed E-state index contributed by atoms with van der Waals surface area (Å²) in [6.07, 6.45) is -0.646. The molecule has 1 fully saturated rings. The predicted octanol–water partition coefficient (Wildman–Crippen LogP) is 0.0296. The molecule has 2 amide bonds. The molecular formula is C11H17N3O4. The number of carboxylic acid groups (broad SMARTS) is 1. The SMILES string of the molecule is CC(C)C(NC(=O)N1CCOC(C#N)C1)C(=O)O. The van der Waals surface area contributed by atoms with Crippen molar-refractivity contribution in [2.45, 2.75) is 26.0 Å². The van der Waals surface area contributed by atoms with Crippen LogP contribution in [0.4, 0.5) is 4.79 Å². The molecule has 0 aromatic heterocycles. The van der Waals surface area contributed by atoms with Gasteiger partial charge < -0.3 is 20.1 Å². The van der Waals surface area contributed by atoms with Gasteiger partial charge in [0.25, 0.3) is 0 Å². The monoisotopic (exact) mass is 255 g/mol. The van der Waals surface area contributed by atoms with Gasteiger partial charge >= 0.3 is 12.0 Å². The van der Waals surface area contributed by atoms with E-state index in [1.165, 1.54) is 4.90 Å². The third kappa shape index (κ3) is 3.60. The van der Waals surface area contributed by atoms with Crippen LogP contribution in [0.2, 0.25) is 0 Å². The van der Waals surface area contributed by atoms with Crippen molar-refractivity contribution in [2.24, 2.45) is 5.92 Å². The first-order valence-corrected chi connectivity index (χ1v) is 5.75. The Labute approximate surface area is 105 Å². The number of urea groups is 1. The first-order valence-electron chi connectivity index (χ1n) is 5.75. The maximum Gasteiger partial charge on any atom is 0.326 e. The maximum atomic E-state index is 11.9. The summed E-state index contributed by atoms with van der Waals surface area (Å²) in [5, 5.41) is 20.2. The number of carbonyl (C=O) groups is 2. The number of nitrogens with zero attached hydrogens (tertiary/aromatic N) is 2. The van der Waals surface area contributed by atoms with Crippen LogP contribution in [0.5, 0.6) is 0 Å². The van der Waals surface area contributed by atoms with E-state index < -0.39 is 24.1 Å². The van der Waals surface area contributed by atoms with Gasteiger partial charge in [0, 0.05) is 6.54 Å². The summed E-state index contributed by atoms with van der Waals surface area (Å²) in [5.41, 5.74) is 0. The number of nitrogens with one attached hydrogen (secondary N) is 1. The Hall–Kier alpha value is -1.81. The number of hydrogen-bond acceptors (Lipinski definition) is 4. The highest BCUT2D eigenvalue weighted by atomic mass is 16.5. The van der Waals surface area contributed by atoms with Gasteiger partial charge in [0.05, 0.1) is 19.2 Å². The zero-order valence-corrected chi connectivity index (χ0v) is 10.4. The van der Waals surface area contributed by atoms with Crippen molar-refractivity contribution >= 4 is 12.0 Å². The van der Waals surface area contributed by atoms with Crippen molar-refractivity contribution in [1.29, 1.82) is 5.26 Å². The Morgan fingerprint density at radius 1 is 1.56 bits per heavy atom. The first kappa shape index (κ1) is 14.3. The van der Waals surface area contributed by atoms with Crippen molar-refractivity contribution in [3.05, 3.63) is 0 Å². The molecule has 0 bridgehead atoms. The molecule has 1 saturated heterocycles. The number of ether oxygens (including phenoxy) is 1. The average molecular weight is 255 g/mol. The molecule has 1 rings (SSSR count). The van der Waals surface area contributed by atoms with Crippen LogP contribution >= 0.6 is 0 Å². The molecule has 1 aliphatic heterocycles. The molecule has 0 aliphatic carbocycles. The van der Waals surface area contributed by atoms with Gasteiger partial charge in [-0.3, -0.25) is 0 Å². The van der Waals surface area contributed by atoms with Crippen molar-refractivity contribution < 1.29 is 19.4 Å². The second-order valence-corrected chi connectivity index (χ2v) is 4.44. The van der Waals surface area contributed by atoms with E-state index in [0.717, 1.165) is 0 Å². The van der Waals surface area contributed by atoms with E-state index >= 15 is 0 Å². The molecule has 0 saturated carbocycles. The zero-order chi connectivity index (χ0) is 13.7. The van der Waals surface area contributed by atoms with E-state index in [-0.39, 0.29) is 19.1 Å². The fourth-order valence-corrected chi connectivity index (χ4v) is 1.65. The minimum Gasteiger partial charge on any atom is -0.480 e. The number of carboxylic acids is 1. The van der Waals surface area contributed by atoms with Gasteiger partial charge in [-0.25, -0.2) is 9.59 Å². The summed E-state index contributed by atoms with van der Waals surface area (Å²) in [4.78, 5) is 24.2. The fourth-order valence-electron chi connectivity index (χ4n) is 1.65. The van der Waals surface area contributed by atoms with Crippen molar-refractivity contribution in [3.63, 3.8) is 0 Å². The Balaban J connectivity index is 2.59. The van der Waals surface area contributed by atoms with Crippen molar-refractivity contribution in [1.82, 2.24) is 10.2 Å². The molecule has 0 radical (unpaired) electrons. The van der Waals surface area contributed by atoms with Crippen LogP contribution in [0.15, 0.2) is 0 Å². The first-order chi connectivity index (χ1) is 8.45. The van der Waals surface area contributed by atoms with Crippen LogP contribution in [0, 0.1) is 17.2 Å². The fraction of sp³-hybridized carbons (Fsp3) is 0.727. The maximum absolute atomic E-state index is 11.9. The molecule has 100 valence electrons. The van der Waals surface area contributed by atoms with Gasteiger partial charge in [-0.15, -0.1) is 0 Å². The third-order valence-electron chi connectivity index (χ3n) is 2.71. The van der Waals surface area contributed by atoms with Crippen LogP contribution in [0.1, 0.15) is 13.8 Å². The molecule has 7 heteroatoms. The highest BCUT2D eigenvalue weighted by molar-refractivity contribution is 5.82. The van der Waals surface area contributed by atoms with E-state index in [9.17, 15) is 9.59 Å². The average Bonchev–Trinajstić information content (AvgIpc) is 2.34. The molecule has 0 aromatic carbocycles. The second-order valence-electron chi connectivity index (χ2n) is 4.44. The summed E-state index contributed by atoms with van der Waals surface area (Å²) in [5.74, 6) is -1.28. The second kappa shape index (κ2) is 6.21. The molecule has 2 unspecified atom stereocenters. The molecule has 1 heterocycles. The zero-order valence-electron chi connectivity index (χ0n) is 10.4. The standard InChI is InChI=1S/C11H17N3O4/c1-7(2)9(10(15)16)13-11(17)14-3-4-18-8(5-12)6-14/h7-9H,3-4,6H2,1-2H3,(H,13,17)(H,15,16). The van der Waals surface area contributed by atoms with Gasteiger partial charge in [-0.1, -0.05) is 13.8 Å². The van der Waals surface area contributed by atoms with E-state index in [1.807, 2.05) is 6.07 Å². The molecule has 2 N–H and O–H groups in total. The number of morpholine rings is 1.